The van der Waals surface area contributed by atoms with Crippen molar-refractivity contribution >= 4 is 0 Å². The minimum atomic E-state index is -0.252. The molecular weight excluding hydrogens is 216 g/mol. The Labute approximate surface area is 102 Å². The first-order valence-corrected chi connectivity index (χ1v) is 5.98. The fraction of sp³-hybridized carbons (Fsp3) is 0.429. The maximum atomic E-state index is 9.19. The average molecular weight is 234 g/mol. The molecule has 0 aliphatic carbocycles. The van der Waals surface area contributed by atoms with Gasteiger partial charge in [0.25, 0.3) is 0 Å². The van der Waals surface area contributed by atoms with E-state index in [-0.39, 0.29) is 18.8 Å². The first kappa shape index (κ1) is 12.1. The van der Waals surface area contributed by atoms with E-state index in [0.29, 0.717) is 12.4 Å². The summed E-state index contributed by atoms with van der Waals surface area (Å²) in [7, 11) is 0. The normalized spacial score (nSPS) is 24.0. The molecule has 0 saturated heterocycles. The Morgan fingerprint density at radius 3 is 2.76 bits per heavy atom. The van der Waals surface area contributed by atoms with Crippen molar-refractivity contribution in [1.29, 1.82) is 0 Å². The van der Waals surface area contributed by atoms with Crippen LogP contribution < -0.4 is 0 Å². The Bertz CT molecular complexity index is 372. The van der Waals surface area contributed by atoms with Gasteiger partial charge in [-0.3, -0.25) is 0 Å². The van der Waals surface area contributed by atoms with Crippen LogP contribution in [0.1, 0.15) is 24.8 Å². The lowest BCUT2D eigenvalue weighted by Crippen LogP contribution is -2.25. The number of benzene rings is 1. The highest BCUT2D eigenvalue weighted by Crippen LogP contribution is 2.30. The summed E-state index contributed by atoms with van der Waals surface area (Å²) in [6.45, 7) is 2.48. The van der Waals surface area contributed by atoms with Crippen molar-refractivity contribution in [3.05, 3.63) is 47.7 Å². The van der Waals surface area contributed by atoms with Gasteiger partial charge in [0.05, 0.1) is 0 Å². The molecule has 0 aromatic heterocycles. The first-order chi connectivity index (χ1) is 8.33. The molecule has 0 amide bonds. The van der Waals surface area contributed by atoms with Crippen molar-refractivity contribution in [1.82, 2.24) is 0 Å². The second-order valence-corrected chi connectivity index (χ2v) is 4.05. The third-order valence-electron chi connectivity index (χ3n) is 2.85. The van der Waals surface area contributed by atoms with Crippen LogP contribution in [0.15, 0.2) is 42.2 Å². The van der Waals surface area contributed by atoms with Crippen molar-refractivity contribution in [2.75, 3.05) is 13.2 Å². The third kappa shape index (κ3) is 3.08. The summed E-state index contributed by atoms with van der Waals surface area (Å²) in [5.41, 5.74) is 1.23. The molecule has 0 unspecified atom stereocenters. The summed E-state index contributed by atoms with van der Waals surface area (Å²) in [6, 6.07) is 10.2. The molecule has 0 fully saturated rings. The smallest absolute Gasteiger partial charge is 0.200 e. The van der Waals surface area contributed by atoms with Crippen LogP contribution in [0.4, 0.5) is 0 Å². The van der Waals surface area contributed by atoms with Gasteiger partial charge >= 0.3 is 0 Å². The van der Waals surface area contributed by atoms with Crippen LogP contribution in [-0.4, -0.2) is 24.6 Å². The Kier molecular flexibility index (Phi) is 4.18. The Morgan fingerprint density at radius 2 is 2.12 bits per heavy atom. The quantitative estimate of drug-likeness (QED) is 0.869. The minimum Gasteiger partial charge on any atom is -0.467 e. The molecular formula is C14H18O3. The van der Waals surface area contributed by atoms with Gasteiger partial charge in [-0.1, -0.05) is 30.3 Å². The summed E-state index contributed by atoms with van der Waals surface area (Å²) in [5, 5.41) is 9.19. The van der Waals surface area contributed by atoms with Gasteiger partial charge < -0.3 is 14.6 Å². The molecule has 2 rings (SSSR count). The maximum Gasteiger partial charge on any atom is 0.200 e. The molecule has 92 valence electrons. The average Bonchev–Trinajstić information content (AvgIpc) is 2.40. The fourth-order valence-corrected chi connectivity index (χ4v) is 2.07. The molecule has 2 atom stereocenters. The molecule has 3 nitrogen and oxygen atoms in total. The van der Waals surface area contributed by atoms with Crippen molar-refractivity contribution in [3.8, 4) is 0 Å². The largest absolute Gasteiger partial charge is 0.467 e. The highest BCUT2D eigenvalue weighted by Gasteiger charge is 2.24. The Morgan fingerprint density at radius 1 is 1.35 bits per heavy atom. The van der Waals surface area contributed by atoms with E-state index < -0.39 is 0 Å². The summed E-state index contributed by atoms with van der Waals surface area (Å²) >= 11 is 0. The van der Waals surface area contributed by atoms with Gasteiger partial charge in [-0.15, -0.1) is 0 Å². The molecule has 0 saturated carbocycles. The molecule has 17 heavy (non-hydrogen) atoms. The van der Waals surface area contributed by atoms with Crippen LogP contribution in [0, 0.1) is 0 Å². The summed E-state index contributed by atoms with van der Waals surface area (Å²) in [6.07, 6.45) is 2.52. The molecule has 1 aliphatic heterocycles. The highest BCUT2D eigenvalue weighted by molar-refractivity contribution is 5.25. The number of hydrogen-bond donors (Lipinski definition) is 1. The summed E-state index contributed by atoms with van der Waals surface area (Å²) in [4.78, 5) is 0. The van der Waals surface area contributed by atoms with Gasteiger partial charge in [0.2, 0.25) is 0 Å². The second-order valence-electron chi connectivity index (χ2n) is 4.05. The number of rotatable bonds is 4. The molecule has 3 heteroatoms. The lowest BCUT2D eigenvalue weighted by Gasteiger charge is -2.29. The monoisotopic (exact) mass is 234 g/mol. The van der Waals surface area contributed by atoms with Crippen LogP contribution in [0.5, 0.6) is 0 Å². The van der Waals surface area contributed by atoms with Crippen LogP contribution in [0.2, 0.25) is 0 Å². The molecule has 0 radical (unpaired) electrons. The predicted octanol–water partition coefficient (Wildman–Crippen LogP) is 2.43. The summed E-state index contributed by atoms with van der Waals surface area (Å²) < 4.78 is 11.0. The number of hydrogen-bond acceptors (Lipinski definition) is 3. The van der Waals surface area contributed by atoms with Gasteiger partial charge in [0.1, 0.15) is 12.4 Å². The van der Waals surface area contributed by atoms with Crippen LogP contribution in [0.3, 0.4) is 0 Å². The van der Waals surface area contributed by atoms with E-state index in [0.717, 1.165) is 6.42 Å². The van der Waals surface area contributed by atoms with E-state index >= 15 is 0 Å². The number of ether oxygens (including phenoxy) is 2. The topological polar surface area (TPSA) is 38.7 Å². The molecule has 0 bridgehead atoms. The van der Waals surface area contributed by atoms with Crippen molar-refractivity contribution < 1.29 is 14.6 Å². The standard InChI is InChI=1S/C14H18O3/c1-2-16-14-9-12(8-13(10-15)17-14)11-6-4-3-5-7-11/h3-8,12,14-15H,2,9-10H2,1H3/t12-,14+/m0/s1. The van der Waals surface area contributed by atoms with Crippen molar-refractivity contribution in [2.24, 2.45) is 0 Å². The first-order valence-electron chi connectivity index (χ1n) is 5.98. The summed E-state index contributed by atoms with van der Waals surface area (Å²) in [5.74, 6) is 0.854. The molecule has 1 N–H and O–H groups in total. The van der Waals surface area contributed by atoms with Gasteiger partial charge in [-0.25, -0.2) is 0 Å². The SMILES string of the molecule is CCO[C@H]1C[C@@H](c2ccccc2)C=C(CO)O1. The minimum absolute atomic E-state index is 0.0765. The van der Waals surface area contributed by atoms with E-state index in [2.05, 4.69) is 12.1 Å². The number of allylic oxidation sites excluding steroid dienone is 1. The molecule has 1 aliphatic rings. The van der Waals surface area contributed by atoms with Crippen LogP contribution in [-0.2, 0) is 9.47 Å². The van der Waals surface area contributed by atoms with Gasteiger partial charge in [-0.2, -0.15) is 0 Å². The maximum absolute atomic E-state index is 9.19. The van der Waals surface area contributed by atoms with Gasteiger partial charge in [-0.05, 0) is 18.6 Å². The lowest BCUT2D eigenvalue weighted by molar-refractivity contribution is -0.130. The predicted molar refractivity (Wildman–Crippen MR) is 65.5 cm³/mol. The van der Waals surface area contributed by atoms with E-state index in [9.17, 15) is 5.11 Å². The third-order valence-corrected chi connectivity index (χ3v) is 2.85. The van der Waals surface area contributed by atoms with E-state index in [1.165, 1.54) is 5.56 Å². The van der Waals surface area contributed by atoms with Crippen molar-refractivity contribution in [3.63, 3.8) is 0 Å². The molecule has 1 heterocycles. The number of aliphatic hydroxyl groups is 1. The van der Waals surface area contributed by atoms with E-state index in [1.54, 1.807) is 0 Å². The second kappa shape index (κ2) is 5.84. The molecule has 0 spiro atoms. The zero-order valence-electron chi connectivity index (χ0n) is 10.0. The zero-order valence-corrected chi connectivity index (χ0v) is 10.0. The lowest BCUT2D eigenvalue weighted by atomic mass is 9.93. The fourth-order valence-electron chi connectivity index (χ4n) is 2.07. The number of aliphatic hydroxyl groups excluding tert-OH is 1. The molecule has 1 aromatic rings. The Hall–Kier alpha value is -1.32. The zero-order chi connectivity index (χ0) is 12.1. The highest BCUT2D eigenvalue weighted by atomic mass is 16.7. The molecule has 1 aromatic carbocycles. The van der Waals surface area contributed by atoms with Crippen LogP contribution in [0.25, 0.3) is 0 Å². The van der Waals surface area contributed by atoms with E-state index in [1.807, 2.05) is 31.2 Å². The van der Waals surface area contributed by atoms with E-state index in [4.69, 9.17) is 9.47 Å². The van der Waals surface area contributed by atoms with Crippen LogP contribution >= 0.6 is 0 Å². The van der Waals surface area contributed by atoms with Gasteiger partial charge in [0.15, 0.2) is 6.29 Å². The Balaban J connectivity index is 2.16. The van der Waals surface area contributed by atoms with Crippen molar-refractivity contribution in [2.45, 2.75) is 25.6 Å². The van der Waals surface area contributed by atoms with Gasteiger partial charge in [0, 0.05) is 18.9 Å².